The first-order valence-corrected chi connectivity index (χ1v) is 6.83. The standard InChI is InChI=1S/C14H24N2O3/c1-6-7-8-14(9(2)13(3,4)5)10(17)15-12(19)16-11(14)18/h9H,6-8H2,1-5H3,(H2,15,16,17,18,19)/t9-/m1/s1. The number of amides is 4. The summed E-state index contributed by atoms with van der Waals surface area (Å²) in [6.07, 6.45) is 2.13. The van der Waals surface area contributed by atoms with Crippen LogP contribution < -0.4 is 10.6 Å². The maximum absolute atomic E-state index is 12.3. The van der Waals surface area contributed by atoms with Gasteiger partial charge in [0.1, 0.15) is 5.41 Å². The highest BCUT2D eigenvalue weighted by molar-refractivity contribution is 6.19. The van der Waals surface area contributed by atoms with Gasteiger partial charge in [-0.1, -0.05) is 47.5 Å². The van der Waals surface area contributed by atoms with E-state index in [2.05, 4.69) is 10.6 Å². The molecule has 0 bridgehead atoms. The number of rotatable bonds is 4. The van der Waals surface area contributed by atoms with Gasteiger partial charge in [0, 0.05) is 0 Å². The van der Waals surface area contributed by atoms with E-state index in [1.165, 1.54) is 0 Å². The van der Waals surface area contributed by atoms with Crippen molar-refractivity contribution in [2.75, 3.05) is 0 Å². The summed E-state index contributed by atoms with van der Waals surface area (Å²) in [5.74, 6) is -1.09. The number of unbranched alkanes of at least 4 members (excludes halogenated alkanes) is 1. The van der Waals surface area contributed by atoms with Gasteiger partial charge in [-0.3, -0.25) is 20.2 Å². The van der Waals surface area contributed by atoms with Crippen molar-refractivity contribution < 1.29 is 14.4 Å². The van der Waals surface area contributed by atoms with Crippen LogP contribution in [0.1, 0.15) is 53.9 Å². The number of imide groups is 2. The molecular formula is C14H24N2O3. The van der Waals surface area contributed by atoms with E-state index in [0.717, 1.165) is 12.8 Å². The SMILES string of the molecule is CCCCC1([C@H](C)C(C)(C)C)C(=O)NC(=O)NC1=O. The van der Waals surface area contributed by atoms with Crippen molar-refractivity contribution in [3.63, 3.8) is 0 Å². The predicted octanol–water partition coefficient (Wildman–Crippen LogP) is 2.21. The first-order valence-electron chi connectivity index (χ1n) is 6.83. The summed E-state index contributed by atoms with van der Waals surface area (Å²) in [5, 5.41) is 4.51. The molecule has 1 fully saturated rings. The second-order valence-corrected chi connectivity index (χ2v) is 6.40. The van der Waals surface area contributed by atoms with Gasteiger partial charge in [-0.2, -0.15) is 0 Å². The summed E-state index contributed by atoms with van der Waals surface area (Å²) in [4.78, 5) is 35.9. The summed E-state index contributed by atoms with van der Waals surface area (Å²) < 4.78 is 0. The van der Waals surface area contributed by atoms with Gasteiger partial charge < -0.3 is 0 Å². The third kappa shape index (κ3) is 2.80. The van der Waals surface area contributed by atoms with Crippen molar-refractivity contribution in [1.82, 2.24) is 10.6 Å². The monoisotopic (exact) mass is 268 g/mol. The summed E-state index contributed by atoms with van der Waals surface area (Å²) in [5.41, 5.74) is -1.36. The van der Waals surface area contributed by atoms with Gasteiger partial charge in [-0.15, -0.1) is 0 Å². The van der Waals surface area contributed by atoms with Crippen molar-refractivity contribution in [2.45, 2.75) is 53.9 Å². The molecule has 1 rings (SSSR count). The molecule has 0 aliphatic carbocycles. The van der Waals surface area contributed by atoms with E-state index in [4.69, 9.17) is 0 Å². The molecule has 4 amide bonds. The summed E-state index contributed by atoms with van der Waals surface area (Å²) in [6, 6.07) is -0.719. The number of nitrogens with one attached hydrogen (secondary N) is 2. The lowest BCUT2D eigenvalue weighted by Crippen LogP contribution is -2.65. The van der Waals surface area contributed by atoms with Crippen molar-refractivity contribution in [3.8, 4) is 0 Å². The average molecular weight is 268 g/mol. The third-order valence-corrected chi connectivity index (χ3v) is 4.23. The van der Waals surface area contributed by atoms with E-state index in [1.807, 2.05) is 34.6 Å². The molecule has 1 heterocycles. The molecule has 0 aromatic carbocycles. The molecule has 0 aromatic heterocycles. The zero-order valence-corrected chi connectivity index (χ0v) is 12.4. The van der Waals surface area contributed by atoms with Gasteiger partial charge in [0.15, 0.2) is 0 Å². The maximum atomic E-state index is 12.3. The molecule has 0 radical (unpaired) electrons. The topological polar surface area (TPSA) is 75.3 Å². The number of barbiturate groups is 1. The Morgan fingerprint density at radius 2 is 1.58 bits per heavy atom. The molecule has 108 valence electrons. The molecule has 1 aliphatic rings. The quantitative estimate of drug-likeness (QED) is 0.768. The highest BCUT2D eigenvalue weighted by Gasteiger charge is 2.56. The lowest BCUT2D eigenvalue weighted by Gasteiger charge is -2.44. The Bertz CT molecular complexity index is 376. The number of hydrogen-bond donors (Lipinski definition) is 2. The Morgan fingerprint density at radius 3 is 1.95 bits per heavy atom. The lowest BCUT2D eigenvalue weighted by atomic mass is 9.61. The smallest absolute Gasteiger partial charge is 0.277 e. The van der Waals surface area contributed by atoms with E-state index in [9.17, 15) is 14.4 Å². The van der Waals surface area contributed by atoms with Gasteiger partial charge in [0.05, 0.1) is 0 Å². The number of urea groups is 1. The molecular weight excluding hydrogens is 244 g/mol. The summed E-state index contributed by atoms with van der Waals surface area (Å²) >= 11 is 0. The van der Waals surface area contributed by atoms with E-state index in [-0.39, 0.29) is 11.3 Å². The van der Waals surface area contributed by atoms with Crippen LogP contribution in [0.4, 0.5) is 4.79 Å². The predicted molar refractivity (Wildman–Crippen MR) is 72.3 cm³/mol. The Morgan fingerprint density at radius 1 is 1.11 bits per heavy atom. The van der Waals surface area contributed by atoms with Gasteiger partial charge in [0.2, 0.25) is 11.8 Å². The Kier molecular flexibility index (Phi) is 4.38. The molecule has 0 saturated carbocycles. The van der Waals surface area contributed by atoms with Gasteiger partial charge in [-0.25, -0.2) is 4.79 Å². The average Bonchev–Trinajstić information content (AvgIpc) is 2.26. The first-order chi connectivity index (χ1) is 8.66. The first kappa shape index (κ1) is 15.7. The second-order valence-electron chi connectivity index (χ2n) is 6.40. The van der Waals surface area contributed by atoms with Crippen LogP contribution in [-0.2, 0) is 9.59 Å². The fourth-order valence-corrected chi connectivity index (χ4v) is 2.60. The van der Waals surface area contributed by atoms with E-state index >= 15 is 0 Å². The minimum atomic E-state index is -1.15. The van der Waals surface area contributed by atoms with Crippen LogP contribution in [0.5, 0.6) is 0 Å². The molecule has 1 saturated heterocycles. The number of carbonyl (C=O) groups excluding carboxylic acids is 3. The van der Waals surface area contributed by atoms with Crippen LogP contribution in [0.2, 0.25) is 0 Å². The summed E-state index contributed by atoms with van der Waals surface area (Å²) in [7, 11) is 0. The molecule has 5 nitrogen and oxygen atoms in total. The van der Waals surface area contributed by atoms with Crippen molar-refractivity contribution in [2.24, 2.45) is 16.7 Å². The van der Waals surface area contributed by atoms with Gasteiger partial charge in [-0.05, 0) is 17.8 Å². The lowest BCUT2D eigenvalue weighted by molar-refractivity contribution is -0.152. The maximum Gasteiger partial charge on any atom is 0.328 e. The molecule has 1 atom stereocenters. The van der Waals surface area contributed by atoms with Crippen molar-refractivity contribution in [1.29, 1.82) is 0 Å². The molecule has 19 heavy (non-hydrogen) atoms. The molecule has 2 N–H and O–H groups in total. The van der Waals surface area contributed by atoms with Crippen LogP contribution in [-0.4, -0.2) is 17.8 Å². The Balaban J connectivity index is 3.22. The van der Waals surface area contributed by atoms with Crippen molar-refractivity contribution >= 4 is 17.8 Å². The van der Waals surface area contributed by atoms with Crippen LogP contribution in [0.25, 0.3) is 0 Å². The van der Waals surface area contributed by atoms with E-state index in [1.54, 1.807) is 0 Å². The molecule has 0 spiro atoms. The Labute approximate surface area is 114 Å². The largest absolute Gasteiger partial charge is 0.328 e. The molecule has 1 aliphatic heterocycles. The summed E-state index contributed by atoms with van der Waals surface area (Å²) in [6.45, 7) is 9.93. The molecule has 0 aromatic rings. The number of hydrogen-bond acceptors (Lipinski definition) is 3. The normalized spacial score (nSPS) is 20.8. The van der Waals surface area contributed by atoms with E-state index < -0.39 is 23.3 Å². The van der Waals surface area contributed by atoms with E-state index in [0.29, 0.717) is 6.42 Å². The second kappa shape index (κ2) is 5.31. The minimum Gasteiger partial charge on any atom is -0.277 e. The third-order valence-electron chi connectivity index (χ3n) is 4.23. The van der Waals surface area contributed by atoms with Crippen LogP contribution in [0.3, 0.4) is 0 Å². The molecule has 5 heteroatoms. The highest BCUT2D eigenvalue weighted by atomic mass is 16.2. The zero-order valence-electron chi connectivity index (χ0n) is 12.4. The Hall–Kier alpha value is -1.39. The zero-order chi connectivity index (χ0) is 14.8. The molecule has 0 unspecified atom stereocenters. The van der Waals surface area contributed by atoms with Crippen LogP contribution in [0, 0.1) is 16.7 Å². The van der Waals surface area contributed by atoms with Crippen LogP contribution in [0.15, 0.2) is 0 Å². The van der Waals surface area contributed by atoms with Gasteiger partial charge >= 0.3 is 6.03 Å². The van der Waals surface area contributed by atoms with Crippen LogP contribution >= 0.6 is 0 Å². The fraction of sp³-hybridized carbons (Fsp3) is 0.786. The number of carbonyl (C=O) groups is 3. The van der Waals surface area contributed by atoms with Gasteiger partial charge in [0.25, 0.3) is 0 Å². The minimum absolute atomic E-state index is 0.167. The highest BCUT2D eigenvalue weighted by Crippen LogP contribution is 2.45. The fourth-order valence-electron chi connectivity index (χ4n) is 2.60. The van der Waals surface area contributed by atoms with Crippen molar-refractivity contribution in [3.05, 3.63) is 0 Å².